The van der Waals surface area contributed by atoms with E-state index in [1.807, 2.05) is 35.2 Å². The molecule has 2 aromatic carbocycles. The Kier molecular flexibility index (Phi) is 5.69. The van der Waals surface area contributed by atoms with E-state index < -0.39 is 0 Å². The summed E-state index contributed by atoms with van der Waals surface area (Å²) in [5, 5.41) is 0.691. The van der Waals surface area contributed by atoms with Crippen molar-refractivity contribution in [3.05, 3.63) is 48.0 Å². The summed E-state index contributed by atoms with van der Waals surface area (Å²) in [6, 6.07) is 13.0. The molecule has 2 N–H and O–H groups in total. The Hall–Kier alpha value is -3.88. The van der Waals surface area contributed by atoms with Gasteiger partial charge in [0.15, 0.2) is 11.5 Å². The zero-order chi connectivity index (χ0) is 23.8. The number of nitrogen functional groups attached to an aromatic ring is 1. The van der Waals surface area contributed by atoms with Crippen LogP contribution in [0, 0.1) is 0 Å². The SMILES string of the molecule is COc1cc2nc(N3CCC(N4C(=O)CC(c5ccccc5)C4=O)CC3)nc(N)c2cc1OC. The maximum atomic E-state index is 13.1. The molecule has 9 nitrogen and oxygen atoms in total. The van der Waals surface area contributed by atoms with Gasteiger partial charge in [-0.1, -0.05) is 30.3 Å². The van der Waals surface area contributed by atoms with Crippen molar-refractivity contribution in [3.63, 3.8) is 0 Å². The number of carbonyl (C=O) groups excluding carboxylic acids is 2. The van der Waals surface area contributed by atoms with Gasteiger partial charge in [0.2, 0.25) is 17.8 Å². The third kappa shape index (κ3) is 3.76. The maximum Gasteiger partial charge on any atom is 0.237 e. The van der Waals surface area contributed by atoms with Crippen LogP contribution in [-0.4, -0.2) is 60.0 Å². The van der Waals surface area contributed by atoms with Gasteiger partial charge in [0.05, 0.1) is 25.7 Å². The van der Waals surface area contributed by atoms with Crippen LogP contribution in [0.25, 0.3) is 10.9 Å². The summed E-state index contributed by atoms with van der Waals surface area (Å²) in [6.45, 7) is 1.24. The highest BCUT2D eigenvalue weighted by Gasteiger charge is 2.43. The number of anilines is 2. The van der Waals surface area contributed by atoms with Crippen molar-refractivity contribution >= 4 is 34.5 Å². The van der Waals surface area contributed by atoms with Crippen LogP contribution < -0.4 is 20.1 Å². The Balaban J connectivity index is 1.32. The zero-order valence-electron chi connectivity index (χ0n) is 19.2. The maximum absolute atomic E-state index is 13.1. The Bertz CT molecular complexity index is 1240. The molecule has 2 fully saturated rings. The molecule has 9 heteroatoms. The quantitative estimate of drug-likeness (QED) is 0.578. The highest BCUT2D eigenvalue weighted by atomic mass is 16.5. The van der Waals surface area contributed by atoms with Crippen molar-refractivity contribution in [2.45, 2.75) is 31.2 Å². The average Bonchev–Trinajstić information content (AvgIpc) is 3.17. The predicted octanol–water partition coefficient (Wildman–Crippen LogP) is 2.74. The van der Waals surface area contributed by atoms with Crippen LogP contribution in [0.5, 0.6) is 11.5 Å². The molecule has 1 unspecified atom stereocenters. The number of imide groups is 1. The minimum atomic E-state index is -0.387. The van der Waals surface area contributed by atoms with Gasteiger partial charge in [0.1, 0.15) is 5.82 Å². The molecule has 2 aliphatic heterocycles. The standard InChI is InChI=1S/C25H27N5O4/c1-33-20-12-18-19(14-21(20)34-2)27-25(28-23(18)26)29-10-8-16(9-11-29)30-22(31)13-17(24(30)32)15-6-4-3-5-7-15/h3-7,12,14,16-17H,8-11,13H2,1-2H3,(H2,26,27,28). The van der Waals surface area contributed by atoms with Gasteiger partial charge in [-0.2, -0.15) is 4.98 Å². The number of ether oxygens (including phenoxy) is 2. The number of nitrogens with two attached hydrogens (primary N) is 1. The molecule has 5 rings (SSSR count). The molecule has 0 aliphatic carbocycles. The molecule has 2 amide bonds. The first kappa shape index (κ1) is 21.9. The summed E-state index contributed by atoms with van der Waals surface area (Å²) in [4.78, 5) is 38.6. The summed E-state index contributed by atoms with van der Waals surface area (Å²) in [7, 11) is 3.14. The second-order valence-electron chi connectivity index (χ2n) is 8.62. The second-order valence-corrected chi connectivity index (χ2v) is 8.62. The lowest BCUT2D eigenvalue weighted by atomic mass is 9.97. The minimum Gasteiger partial charge on any atom is -0.493 e. The first-order valence-electron chi connectivity index (χ1n) is 11.3. The third-order valence-corrected chi connectivity index (χ3v) is 6.72. The number of piperidine rings is 1. The van der Waals surface area contributed by atoms with E-state index in [1.54, 1.807) is 26.4 Å². The van der Waals surface area contributed by atoms with E-state index >= 15 is 0 Å². The minimum absolute atomic E-state index is 0.0930. The number of amides is 2. The Labute approximate surface area is 197 Å². The monoisotopic (exact) mass is 461 g/mol. The van der Waals surface area contributed by atoms with E-state index in [1.165, 1.54) is 4.90 Å². The number of hydrogen-bond acceptors (Lipinski definition) is 8. The number of nitrogens with zero attached hydrogens (tertiary/aromatic N) is 4. The fraction of sp³-hybridized carbons (Fsp3) is 0.360. The summed E-state index contributed by atoms with van der Waals surface area (Å²) >= 11 is 0. The number of likely N-dealkylation sites (tertiary alicyclic amines) is 1. The summed E-state index contributed by atoms with van der Waals surface area (Å²) in [5.74, 6) is 1.44. The van der Waals surface area contributed by atoms with Crippen LogP contribution >= 0.6 is 0 Å². The molecule has 0 bridgehead atoms. The smallest absolute Gasteiger partial charge is 0.237 e. The van der Waals surface area contributed by atoms with Gasteiger partial charge in [0.25, 0.3) is 0 Å². The molecule has 0 spiro atoms. The lowest BCUT2D eigenvalue weighted by molar-refractivity contribution is -0.141. The topological polar surface area (TPSA) is 111 Å². The van der Waals surface area contributed by atoms with E-state index in [0.717, 1.165) is 5.56 Å². The summed E-state index contributed by atoms with van der Waals surface area (Å²) in [5.41, 5.74) is 7.80. The van der Waals surface area contributed by atoms with E-state index in [-0.39, 0.29) is 30.2 Å². The van der Waals surface area contributed by atoms with Crippen molar-refractivity contribution in [3.8, 4) is 11.5 Å². The van der Waals surface area contributed by atoms with E-state index in [4.69, 9.17) is 20.2 Å². The van der Waals surface area contributed by atoms with E-state index in [2.05, 4.69) is 4.98 Å². The highest BCUT2D eigenvalue weighted by Crippen LogP contribution is 2.36. The molecule has 1 atom stereocenters. The van der Waals surface area contributed by atoms with Gasteiger partial charge in [-0.25, -0.2) is 4.98 Å². The van der Waals surface area contributed by atoms with Gasteiger partial charge >= 0.3 is 0 Å². The van der Waals surface area contributed by atoms with Crippen LogP contribution in [0.1, 0.15) is 30.7 Å². The molecule has 0 radical (unpaired) electrons. The molecule has 1 aromatic heterocycles. The number of rotatable bonds is 5. The molecular formula is C25H27N5O4. The van der Waals surface area contributed by atoms with Gasteiger partial charge < -0.3 is 20.1 Å². The summed E-state index contributed by atoms with van der Waals surface area (Å²) in [6.07, 6.45) is 1.55. The number of fused-ring (bicyclic) bond motifs is 1. The average molecular weight is 462 g/mol. The van der Waals surface area contributed by atoms with E-state index in [9.17, 15) is 9.59 Å². The number of benzene rings is 2. The first-order valence-corrected chi connectivity index (χ1v) is 11.3. The third-order valence-electron chi connectivity index (χ3n) is 6.72. The molecule has 34 heavy (non-hydrogen) atoms. The Morgan fingerprint density at radius 1 is 0.971 bits per heavy atom. The highest BCUT2D eigenvalue weighted by molar-refractivity contribution is 6.06. The molecule has 176 valence electrons. The van der Waals surface area contributed by atoms with Gasteiger partial charge in [-0.05, 0) is 24.5 Å². The molecule has 0 saturated carbocycles. The van der Waals surface area contributed by atoms with Crippen LogP contribution in [-0.2, 0) is 9.59 Å². The number of carbonyl (C=O) groups is 2. The normalized spacial score (nSPS) is 19.2. The molecular weight excluding hydrogens is 434 g/mol. The Morgan fingerprint density at radius 3 is 2.32 bits per heavy atom. The lowest BCUT2D eigenvalue weighted by Crippen LogP contribution is -2.47. The van der Waals surface area contributed by atoms with Crippen molar-refractivity contribution in [1.29, 1.82) is 0 Å². The van der Waals surface area contributed by atoms with Gasteiger partial charge in [0, 0.05) is 37.0 Å². The van der Waals surface area contributed by atoms with Crippen LogP contribution in [0.4, 0.5) is 11.8 Å². The van der Waals surface area contributed by atoms with Crippen molar-refractivity contribution in [1.82, 2.24) is 14.9 Å². The molecule has 2 saturated heterocycles. The summed E-state index contributed by atoms with van der Waals surface area (Å²) < 4.78 is 10.7. The molecule has 3 heterocycles. The van der Waals surface area contributed by atoms with Crippen LogP contribution in [0.2, 0.25) is 0 Å². The lowest BCUT2D eigenvalue weighted by Gasteiger charge is -2.36. The number of aromatic nitrogens is 2. The molecule has 2 aliphatic rings. The predicted molar refractivity (Wildman–Crippen MR) is 128 cm³/mol. The van der Waals surface area contributed by atoms with Crippen molar-refractivity contribution < 1.29 is 19.1 Å². The fourth-order valence-corrected chi connectivity index (χ4v) is 4.91. The van der Waals surface area contributed by atoms with Crippen LogP contribution in [0.15, 0.2) is 42.5 Å². The van der Waals surface area contributed by atoms with Crippen LogP contribution in [0.3, 0.4) is 0 Å². The van der Waals surface area contributed by atoms with Gasteiger partial charge in [-0.15, -0.1) is 0 Å². The van der Waals surface area contributed by atoms with E-state index in [0.29, 0.717) is 60.1 Å². The Morgan fingerprint density at radius 2 is 1.65 bits per heavy atom. The first-order chi connectivity index (χ1) is 16.5. The number of hydrogen-bond donors (Lipinski definition) is 1. The molecule has 3 aromatic rings. The van der Waals surface area contributed by atoms with Crippen molar-refractivity contribution in [2.24, 2.45) is 0 Å². The number of methoxy groups -OCH3 is 2. The second kappa shape index (κ2) is 8.81. The fourth-order valence-electron chi connectivity index (χ4n) is 4.91. The largest absolute Gasteiger partial charge is 0.493 e. The van der Waals surface area contributed by atoms with Crippen molar-refractivity contribution in [2.75, 3.05) is 37.9 Å². The zero-order valence-corrected chi connectivity index (χ0v) is 19.2. The van der Waals surface area contributed by atoms with Gasteiger partial charge in [-0.3, -0.25) is 14.5 Å².